The fourth-order valence-electron chi connectivity index (χ4n) is 5.87. The summed E-state index contributed by atoms with van der Waals surface area (Å²) in [4.78, 5) is 37.3. The minimum atomic E-state index is -5.06. The van der Waals surface area contributed by atoms with Gasteiger partial charge in [0.15, 0.2) is 0 Å². The highest BCUT2D eigenvalue weighted by Gasteiger charge is 2.17. The number of fused-ring (bicyclic) bond motifs is 2. The van der Waals surface area contributed by atoms with Crippen LogP contribution in [0.5, 0.6) is 11.5 Å². The Morgan fingerprint density at radius 1 is 0.519 bits per heavy atom. The highest BCUT2D eigenvalue weighted by Crippen LogP contribution is 2.27. The van der Waals surface area contributed by atoms with Crippen LogP contribution < -0.4 is 19.5 Å². The number of para-hydroxylation sites is 2. The first-order valence-corrected chi connectivity index (χ1v) is 18.1. The number of benzene rings is 5. The van der Waals surface area contributed by atoms with Crippen molar-refractivity contribution in [3.8, 4) is 34.3 Å². The summed E-state index contributed by atoms with van der Waals surface area (Å²) in [6.45, 7) is 0.0110. The lowest BCUT2D eigenvalue weighted by molar-refractivity contribution is 0.370. The molecule has 14 nitrogen and oxygen atoms in total. The van der Waals surface area contributed by atoms with E-state index in [0.717, 1.165) is 0 Å². The molecule has 0 spiro atoms. The maximum absolute atomic E-state index is 13.9. The van der Waals surface area contributed by atoms with Crippen LogP contribution in [0.1, 0.15) is 11.1 Å². The first kappa shape index (κ1) is 34.3. The van der Waals surface area contributed by atoms with Crippen molar-refractivity contribution < 1.29 is 34.3 Å². The van der Waals surface area contributed by atoms with Crippen LogP contribution in [0, 0.1) is 0 Å². The monoisotopic (exact) mass is 736 g/mol. The van der Waals surface area contributed by atoms with Crippen molar-refractivity contribution in [2.75, 3.05) is 0 Å². The molecule has 16 heteroatoms. The Labute approximate surface area is 295 Å². The van der Waals surface area contributed by atoms with E-state index in [4.69, 9.17) is 9.97 Å². The highest BCUT2D eigenvalue weighted by atomic mass is 32.3. The van der Waals surface area contributed by atoms with Crippen molar-refractivity contribution in [2.45, 2.75) is 13.1 Å². The van der Waals surface area contributed by atoms with Crippen molar-refractivity contribution in [3.63, 3.8) is 0 Å². The van der Waals surface area contributed by atoms with Gasteiger partial charge in [-0.25, -0.2) is 26.8 Å². The van der Waals surface area contributed by atoms with Gasteiger partial charge in [-0.3, -0.25) is 18.7 Å². The van der Waals surface area contributed by atoms with E-state index in [1.807, 2.05) is 0 Å². The molecular formula is C36H24N4O10S2-2. The lowest BCUT2D eigenvalue weighted by Gasteiger charge is -2.17. The van der Waals surface area contributed by atoms with E-state index in [1.54, 1.807) is 84.9 Å². The van der Waals surface area contributed by atoms with Gasteiger partial charge in [-0.1, -0.05) is 72.8 Å². The molecule has 2 heterocycles. The summed E-state index contributed by atoms with van der Waals surface area (Å²) in [6.07, 6.45) is 0. The molecule has 262 valence electrons. The molecule has 5 aromatic carbocycles. The lowest BCUT2D eigenvalue weighted by atomic mass is 10.1. The van der Waals surface area contributed by atoms with Gasteiger partial charge in [-0.2, -0.15) is 0 Å². The van der Waals surface area contributed by atoms with Crippen LogP contribution in [-0.2, 0) is 33.9 Å². The largest absolute Gasteiger partial charge is 0.716 e. The van der Waals surface area contributed by atoms with E-state index in [0.29, 0.717) is 44.1 Å². The molecule has 0 aliphatic rings. The lowest BCUT2D eigenvalue weighted by Crippen LogP contribution is -2.25. The van der Waals surface area contributed by atoms with Crippen LogP contribution in [0.2, 0.25) is 0 Å². The predicted molar refractivity (Wildman–Crippen MR) is 188 cm³/mol. The number of rotatable bonds is 10. The van der Waals surface area contributed by atoms with Crippen LogP contribution in [-0.4, -0.2) is 45.0 Å². The molecule has 2 aromatic heterocycles. The van der Waals surface area contributed by atoms with E-state index < -0.39 is 20.8 Å². The zero-order chi connectivity index (χ0) is 36.6. The van der Waals surface area contributed by atoms with Gasteiger partial charge < -0.3 is 17.5 Å². The Balaban J connectivity index is 1.31. The van der Waals surface area contributed by atoms with Crippen molar-refractivity contribution in [3.05, 3.63) is 153 Å². The van der Waals surface area contributed by atoms with Crippen LogP contribution in [0.25, 0.3) is 44.6 Å². The molecule has 7 rings (SSSR count). The molecule has 0 aliphatic heterocycles. The van der Waals surface area contributed by atoms with Gasteiger partial charge in [0.05, 0.1) is 34.9 Å². The summed E-state index contributed by atoms with van der Waals surface area (Å²) in [7, 11) is -10.1. The van der Waals surface area contributed by atoms with E-state index in [9.17, 15) is 35.5 Å². The Hall–Kier alpha value is -6.20. The van der Waals surface area contributed by atoms with Crippen LogP contribution in [0.3, 0.4) is 0 Å². The van der Waals surface area contributed by atoms with Gasteiger partial charge in [0.25, 0.3) is 31.9 Å². The minimum Gasteiger partial charge on any atom is -0.716 e. The molecule has 0 bridgehead atoms. The molecule has 0 saturated heterocycles. The zero-order valence-corrected chi connectivity index (χ0v) is 28.3. The smallest absolute Gasteiger partial charge is 0.262 e. The first-order valence-electron chi connectivity index (χ1n) is 15.4. The van der Waals surface area contributed by atoms with Gasteiger partial charge in [0, 0.05) is 11.1 Å². The SMILES string of the molecule is O=c1c2ccccc2nc(-c2cccc(OS(=O)(=O)[O-])c2)n1Cc1cccc(Cn2c(-c3cccc(OS(=O)(=O)[O-])c3)nc3ccccc3c2=O)c1. The predicted octanol–water partition coefficient (Wildman–Crippen LogP) is 4.22. The van der Waals surface area contributed by atoms with Crippen molar-refractivity contribution in [1.82, 2.24) is 19.1 Å². The first-order chi connectivity index (χ1) is 24.8. The van der Waals surface area contributed by atoms with E-state index in [-0.39, 0.29) is 47.4 Å². The molecule has 0 amide bonds. The van der Waals surface area contributed by atoms with Gasteiger partial charge in [-0.05, 0) is 59.7 Å². The van der Waals surface area contributed by atoms with Crippen LogP contribution in [0.15, 0.2) is 131 Å². The minimum absolute atomic E-state index is 0.00552. The van der Waals surface area contributed by atoms with Crippen molar-refractivity contribution in [1.29, 1.82) is 0 Å². The van der Waals surface area contributed by atoms with Gasteiger partial charge in [0.2, 0.25) is 0 Å². The van der Waals surface area contributed by atoms with Crippen LogP contribution in [0.4, 0.5) is 0 Å². The molecule has 0 N–H and O–H groups in total. The quantitative estimate of drug-likeness (QED) is 0.143. The highest BCUT2D eigenvalue weighted by molar-refractivity contribution is 7.81. The summed E-state index contributed by atoms with van der Waals surface area (Å²) >= 11 is 0. The molecule has 0 aliphatic carbocycles. The number of aromatic nitrogens is 4. The molecular weight excluding hydrogens is 713 g/mol. The third kappa shape index (κ3) is 7.45. The molecule has 0 unspecified atom stereocenters. The Kier molecular flexibility index (Phi) is 8.89. The second-order valence-corrected chi connectivity index (χ2v) is 13.5. The second kappa shape index (κ2) is 13.5. The maximum Gasteiger partial charge on any atom is 0.262 e. The zero-order valence-electron chi connectivity index (χ0n) is 26.6. The standard InChI is InChI=1S/C36H26N4O10S2/c41-35-29-14-1-3-16-31(29)37-33(25-10-6-12-27(19-25)49-51(43,44)45)39(35)21-23-8-5-9-24(18-23)22-40-34(38-32-17-4-2-15-30(32)36(40)42)26-11-7-13-28(20-26)50-52(46,47)48/h1-20H,21-22H2,(H,43,44,45)(H,46,47,48)/p-2. The molecule has 0 saturated carbocycles. The molecule has 0 fully saturated rings. The van der Waals surface area contributed by atoms with Crippen molar-refractivity contribution >= 4 is 42.6 Å². The topological polar surface area (TPSA) is 203 Å². The summed E-state index contributed by atoms with van der Waals surface area (Å²) in [6, 6.07) is 31.9. The molecule has 0 radical (unpaired) electrons. The average molecular weight is 737 g/mol. The Bertz CT molecular complexity index is 2680. The maximum atomic E-state index is 13.9. The van der Waals surface area contributed by atoms with Crippen LogP contribution >= 0.6 is 0 Å². The van der Waals surface area contributed by atoms with Gasteiger partial charge >= 0.3 is 0 Å². The van der Waals surface area contributed by atoms with E-state index >= 15 is 0 Å². The van der Waals surface area contributed by atoms with Gasteiger partial charge in [0.1, 0.15) is 23.1 Å². The molecule has 52 heavy (non-hydrogen) atoms. The van der Waals surface area contributed by atoms with E-state index in [2.05, 4.69) is 8.37 Å². The third-order valence-corrected chi connectivity index (χ3v) is 8.77. The third-order valence-electron chi connectivity index (χ3n) is 7.98. The number of nitrogens with zero attached hydrogens (tertiary/aromatic N) is 4. The Morgan fingerprint density at radius 3 is 1.35 bits per heavy atom. The summed E-state index contributed by atoms with van der Waals surface area (Å²) in [5.41, 5.74) is 1.95. The van der Waals surface area contributed by atoms with Gasteiger partial charge in [-0.15, -0.1) is 0 Å². The van der Waals surface area contributed by atoms with E-state index in [1.165, 1.54) is 45.5 Å². The normalized spacial score (nSPS) is 11.9. The average Bonchev–Trinajstić information content (AvgIpc) is 3.09. The fourth-order valence-corrected chi connectivity index (χ4v) is 6.55. The summed E-state index contributed by atoms with van der Waals surface area (Å²) in [5, 5.41) is 0.678. The Morgan fingerprint density at radius 2 is 0.923 bits per heavy atom. The molecule has 0 atom stereocenters. The summed E-state index contributed by atoms with van der Waals surface area (Å²) in [5.74, 6) is -0.134. The van der Waals surface area contributed by atoms with Crippen molar-refractivity contribution in [2.24, 2.45) is 0 Å². The molecule has 7 aromatic rings. The second-order valence-electron chi connectivity index (χ2n) is 11.5. The number of hydrogen-bond donors (Lipinski definition) is 0. The number of hydrogen-bond acceptors (Lipinski definition) is 12. The summed E-state index contributed by atoms with van der Waals surface area (Å²) < 4.78 is 79.6. The fraction of sp³-hybridized carbons (Fsp3) is 0.0556.